The molecule has 2 aromatic rings. The number of nitrogens with one attached hydrogen (secondary N) is 1. The van der Waals surface area contributed by atoms with Crippen LogP contribution in [0.25, 0.3) is 11.0 Å². The maximum absolute atomic E-state index is 6.20. The van der Waals surface area contributed by atoms with Crippen molar-refractivity contribution in [1.29, 1.82) is 0 Å². The fourth-order valence-electron chi connectivity index (χ4n) is 2.91. The van der Waals surface area contributed by atoms with Crippen molar-refractivity contribution in [3.05, 3.63) is 29.0 Å². The van der Waals surface area contributed by atoms with Crippen molar-refractivity contribution in [3.8, 4) is 0 Å². The van der Waals surface area contributed by atoms with Crippen molar-refractivity contribution in [1.82, 2.24) is 9.97 Å². The first kappa shape index (κ1) is 14.1. The average Bonchev–Trinajstić information content (AvgIpc) is 2.94. The van der Waals surface area contributed by atoms with Crippen LogP contribution in [0.2, 0.25) is 0 Å². The summed E-state index contributed by atoms with van der Waals surface area (Å²) in [6, 6.07) is 3.97. The molecule has 1 saturated carbocycles. The fourth-order valence-corrected chi connectivity index (χ4v) is 3.59. The van der Waals surface area contributed by atoms with Crippen LogP contribution in [0.3, 0.4) is 0 Å². The number of anilines is 1. The van der Waals surface area contributed by atoms with Crippen molar-refractivity contribution < 1.29 is 0 Å². The number of rotatable bonds is 4. The lowest BCUT2D eigenvalue weighted by Gasteiger charge is -2.27. The predicted octanol–water partition coefficient (Wildman–Crippen LogP) is 4.60. The van der Waals surface area contributed by atoms with E-state index >= 15 is 0 Å². The van der Waals surface area contributed by atoms with Gasteiger partial charge in [-0.1, -0.05) is 12.8 Å². The minimum atomic E-state index is 0.243. The molecular weight excluding hydrogens is 338 g/mol. The minimum Gasteiger partial charge on any atom is -0.383 e. The van der Waals surface area contributed by atoms with Crippen LogP contribution in [0, 0.1) is 5.41 Å². The molecule has 1 N–H and O–H groups in total. The second kappa shape index (κ2) is 5.86. The van der Waals surface area contributed by atoms with Crippen molar-refractivity contribution >= 4 is 44.3 Å². The van der Waals surface area contributed by atoms with Crippen LogP contribution >= 0.6 is 27.5 Å². The standard InChI is InChI=1S/C15H17BrClN3/c16-11-7-13-14(19-8-11)12(3-6-18-13)20-10-15(9-17)4-1-2-5-15/h3,6-8H,1-2,4-5,9-10H2,(H,18,20). The summed E-state index contributed by atoms with van der Waals surface area (Å²) in [6.07, 6.45) is 8.63. The number of aromatic nitrogens is 2. The highest BCUT2D eigenvalue weighted by atomic mass is 79.9. The lowest BCUT2D eigenvalue weighted by atomic mass is 9.88. The molecule has 0 atom stereocenters. The van der Waals surface area contributed by atoms with Gasteiger partial charge in [-0.15, -0.1) is 11.6 Å². The Hall–Kier alpha value is -0.870. The first-order valence-corrected chi connectivity index (χ1v) is 8.25. The molecule has 3 rings (SSSR count). The van der Waals surface area contributed by atoms with Gasteiger partial charge in [-0.3, -0.25) is 9.97 Å². The van der Waals surface area contributed by atoms with Crippen LogP contribution in [0.5, 0.6) is 0 Å². The molecule has 0 saturated heterocycles. The lowest BCUT2D eigenvalue weighted by molar-refractivity contribution is 0.368. The van der Waals surface area contributed by atoms with E-state index in [2.05, 4.69) is 31.2 Å². The Bertz CT molecular complexity index is 611. The molecule has 20 heavy (non-hydrogen) atoms. The van der Waals surface area contributed by atoms with Gasteiger partial charge >= 0.3 is 0 Å². The van der Waals surface area contributed by atoms with Crippen molar-refractivity contribution in [3.63, 3.8) is 0 Å². The van der Waals surface area contributed by atoms with E-state index in [0.717, 1.165) is 33.6 Å². The molecule has 0 radical (unpaired) electrons. The van der Waals surface area contributed by atoms with Gasteiger partial charge in [-0.25, -0.2) is 0 Å². The quantitative estimate of drug-likeness (QED) is 0.815. The molecular formula is C15H17BrClN3. The minimum absolute atomic E-state index is 0.243. The van der Waals surface area contributed by atoms with Crippen LogP contribution in [0.1, 0.15) is 25.7 Å². The summed E-state index contributed by atoms with van der Waals surface area (Å²) in [4.78, 5) is 8.83. The first-order chi connectivity index (χ1) is 9.72. The van der Waals surface area contributed by atoms with Gasteiger partial charge in [0.15, 0.2) is 0 Å². The van der Waals surface area contributed by atoms with Gasteiger partial charge in [0.2, 0.25) is 0 Å². The monoisotopic (exact) mass is 353 g/mol. The van der Waals surface area contributed by atoms with Gasteiger partial charge in [-0.05, 0) is 40.9 Å². The molecule has 0 aromatic carbocycles. The molecule has 1 fully saturated rings. The Morgan fingerprint density at radius 1 is 1.30 bits per heavy atom. The van der Waals surface area contributed by atoms with Crippen LogP contribution in [0.15, 0.2) is 29.0 Å². The number of alkyl halides is 1. The van der Waals surface area contributed by atoms with E-state index in [9.17, 15) is 0 Å². The number of fused-ring (bicyclic) bond motifs is 1. The van der Waals surface area contributed by atoms with Crippen LogP contribution in [-0.4, -0.2) is 22.4 Å². The van der Waals surface area contributed by atoms with Crippen LogP contribution in [0.4, 0.5) is 5.69 Å². The van der Waals surface area contributed by atoms with E-state index in [1.165, 1.54) is 25.7 Å². The van der Waals surface area contributed by atoms with E-state index in [4.69, 9.17) is 11.6 Å². The molecule has 3 nitrogen and oxygen atoms in total. The number of halogens is 2. The molecule has 106 valence electrons. The summed E-state index contributed by atoms with van der Waals surface area (Å²) in [5.41, 5.74) is 3.10. The summed E-state index contributed by atoms with van der Waals surface area (Å²) >= 11 is 9.62. The van der Waals surface area contributed by atoms with E-state index in [1.807, 2.05) is 24.5 Å². The third-order valence-electron chi connectivity index (χ3n) is 4.15. The highest BCUT2D eigenvalue weighted by Gasteiger charge is 2.32. The maximum Gasteiger partial charge on any atom is 0.112 e. The largest absolute Gasteiger partial charge is 0.383 e. The molecule has 0 aliphatic heterocycles. The normalized spacial score (nSPS) is 17.5. The van der Waals surface area contributed by atoms with Gasteiger partial charge in [0.1, 0.15) is 5.52 Å². The lowest BCUT2D eigenvalue weighted by Crippen LogP contribution is -2.28. The first-order valence-electron chi connectivity index (χ1n) is 6.93. The number of hydrogen-bond donors (Lipinski definition) is 1. The summed E-state index contributed by atoms with van der Waals surface area (Å²) in [6.45, 7) is 0.910. The molecule has 1 aliphatic carbocycles. The Kier molecular flexibility index (Phi) is 4.13. The summed E-state index contributed by atoms with van der Waals surface area (Å²) in [5, 5.41) is 3.54. The van der Waals surface area contributed by atoms with E-state index in [1.54, 1.807) is 0 Å². The summed E-state index contributed by atoms with van der Waals surface area (Å²) in [5.74, 6) is 0.724. The molecule has 5 heteroatoms. The predicted molar refractivity (Wildman–Crippen MR) is 87.3 cm³/mol. The van der Waals surface area contributed by atoms with Crippen molar-refractivity contribution in [2.45, 2.75) is 25.7 Å². The van der Waals surface area contributed by atoms with E-state index in [0.29, 0.717) is 0 Å². The number of pyridine rings is 2. The number of hydrogen-bond acceptors (Lipinski definition) is 3. The van der Waals surface area contributed by atoms with Gasteiger partial charge in [0.25, 0.3) is 0 Å². The molecule has 0 amide bonds. The molecule has 0 spiro atoms. The third kappa shape index (κ3) is 2.77. The molecule has 2 heterocycles. The Morgan fingerprint density at radius 3 is 2.85 bits per heavy atom. The molecule has 1 aliphatic rings. The topological polar surface area (TPSA) is 37.8 Å². The van der Waals surface area contributed by atoms with Crippen LogP contribution < -0.4 is 5.32 Å². The van der Waals surface area contributed by atoms with Crippen molar-refractivity contribution in [2.75, 3.05) is 17.7 Å². The summed E-state index contributed by atoms with van der Waals surface area (Å²) in [7, 11) is 0. The Labute approximate surface area is 132 Å². The van der Waals surface area contributed by atoms with Gasteiger partial charge < -0.3 is 5.32 Å². The van der Waals surface area contributed by atoms with Gasteiger partial charge in [0, 0.05) is 34.7 Å². The maximum atomic E-state index is 6.20. The Morgan fingerprint density at radius 2 is 2.10 bits per heavy atom. The zero-order valence-electron chi connectivity index (χ0n) is 11.2. The second-order valence-corrected chi connectivity index (χ2v) is 6.76. The van der Waals surface area contributed by atoms with Gasteiger partial charge in [0.05, 0.1) is 11.2 Å². The summed E-state index contributed by atoms with van der Waals surface area (Å²) < 4.78 is 0.947. The average molecular weight is 355 g/mol. The molecule has 0 bridgehead atoms. The zero-order chi connectivity index (χ0) is 14.0. The van der Waals surface area contributed by atoms with E-state index in [-0.39, 0.29) is 5.41 Å². The Balaban J connectivity index is 1.84. The van der Waals surface area contributed by atoms with Gasteiger partial charge in [-0.2, -0.15) is 0 Å². The second-order valence-electron chi connectivity index (χ2n) is 5.57. The fraction of sp³-hybridized carbons (Fsp3) is 0.467. The molecule has 2 aromatic heterocycles. The highest BCUT2D eigenvalue weighted by Crippen LogP contribution is 2.39. The van der Waals surface area contributed by atoms with Crippen LogP contribution in [-0.2, 0) is 0 Å². The number of nitrogens with zero attached hydrogens (tertiary/aromatic N) is 2. The molecule has 0 unspecified atom stereocenters. The smallest absolute Gasteiger partial charge is 0.112 e. The third-order valence-corrected chi connectivity index (χ3v) is 5.15. The zero-order valence-corrected chi connectivity index (χ0v) is 13.5. The highest BCUT2D eigenvalue weighted by molar-refractivity contribution is 9.10. The van der Waals surface area contributed by atoms with Crippen molar-refractivity contribution in [2.24, 2.45) is 5.41 Å². The SMILES string of the molecule is ClCC1(CNc2ccnc3cc(Br)cnc23)CCCC1. The van der Waals surface area contributed by atoms with E-state index < -0.39 is 0 Å².